The van der Waals surface area contributed by atoms with E-state index in [4.69, 9.17) is 9.84 Å². The number of ether oxygens (including phenoxy) is 1. The summed E-state index contributed by atoms with van der Waals surface area (Å²) in [5.74, 6) is -1.02. The highest BCUT2D eigenvalue weighted by Gasteiger charge is 2.46. The summed E-state index contributed by atoms with van der Waals surface area (Å²) in [5.41, 5.74) is -1.14. The number of carbonyl (C=O) groups excluding carboxylic acids is 1. The molecule has 25 heavy (non-hydrogen) atoms. The second-order valence-corrected chi connectivity index (χ2v) is 5.77. The molecule has 0 bridgehead atoms. The maximum absolute atomic E-state index is 12.9. The van der Waals surface area contributed by atoms with E-state index >= 15 is 0 Å². The van der Waals surface area contributed by atoms with Gasteiger partial charge in [-0.3, -0.25) is 4.79 Å². The predicted molar refractivity (Wildman–Crippen MR) is 78.6 cm³/mol. The van der Waals surface area contributed by atoms with E-state index < -0.39 is 54.8 Å². The molecule has 0 radical (unpaired) electrons. The molecule has 1 aromatic carbocycles. The standard InChI is InChI=1S/C15H18F3NO6/c1-6-2-3-7(4-8(6)15(16,17)18)19-14(24)13-12(23)11(22)10(21)9(5-20)25-13/h2-4,9-13,20-23H,5H2,1H3,(H,19,24)/t9-,10+,11+,12-,13-/m1/s1. The molecule has 1 aromatic rings. The molecular weight excluding hydrogens is 347 g/mol. The highest BCUT2D eigenvalue weighted by molar-refractivity contribution is 5.95. The Kier molecular flexibility index (Phi) is 5.69. The Morgan fingerprint density at radius 1 is 1.20 bits per heavy atom. The number of aryl methyl sites for hydroxylation is 1. The summed E-state index contributed by atoms with van der Waals surface area (Å²) >= 11 is 0. The summed E-state index contributed by atoms with van der Waals surface area (Å²) in [7, 11) is 0. The van der Waals surface area contributed by atoms with Crippen LogP contribution in [-0.2, 0) is 15.7 Å². The summed E-state index contributed by atoms with van der Waals surface area (Å²) in [6.07, 6.45) is -12.8. The van der Waals surface area contributed by atoms with Crippen LogP contribution < -0.4 is 5.32 Å². The van der Waals surface area contributed by atoms with Crippen molar-refractivity contribution in [3.8, 4) is 0 Å². The number of aliphatic hydroxyl groups excluding tert-OH is 4. The Bertz CT molecular complexity index is 636. The Labute approximate surface area is 140 Å². The lowest BCUT2D eigenvalue weighted by molar-refractivity contribution is -0.224. The van der Waals surface area contributed by atoms with Crippen molar-refractivity contribution in [2.24, 2.45) is 0 Å². The van der Waals surface area contributed by atoms with E-state index in [0.717, 1.165) is 6.07 Å². The van der Waals surface area contributed by atoms with Crippen LogP contribution in [0.1, 0.15) is 11.1 Å². The van der Waals surface area contributed by atoms with Gasteiger partial charge in [0.25, 0.3) is 5.91 Å². The molecule has 10 heteroatoms. The second-order valence-electron chi connectivity index (χ2n) is 5.77. The van der Waals surface area contributed by atoms with Gasteiger partial charge in [-0.2, -0.15) is 13.2 Å². The van der Waals surface area contributed by atoms with Gasteiger partial charge in [0.15, 0.2) is 6.10 Å². The van der Waals surface area contributed by atoms with Crippen molar-refractivity contribution < 1.29 is 43.1 Å². The first kappa shape index (κ1) is 19.6. The molecular formula is C15H18F3NO6. The van der Waals surface area contributed by atoms with Crippen LogP contribution in [0.25, 0.3) is 0 Å². The number of alkyl halides is 3. The average molecular weight is 365 g/mol. The molecule has 1 aliphatic heterocycles. The molecule has 0 aliphatic carbocycles. The molecule has 0 unspecified atom stereocenters. The van der Waals surface area contributed by atoms with Gasteiger partial charge in [-0.05, 0) is 24.6 Å². The monoisotopic (exact) mass is 365 g/mol. The summed E-state index contributed by atoms with van der Waals surface area (Å²) in [5, 5.41) is 40.4. The number of benzene rings is 1. The average Bonchev–Trinajstić information content (AvgIpc) is 2.53. The number of anilines is 1. The van der Waals surface area contributed by atoms with Gasteiger partial charge in [0.05, 0.1) is 12.2 Å². The zero-order chi connectivity index (χ0) is 18.9. The molecule has 0 spiro atoms. The van der Waals surface area contributed by atoms with Crippen molar-refractivity contribution >= 4 is 11.6 Å². The van der Waals surface area contributed by atoms with E-state index in [1.54, 1.807) is 0 Å². The van der Waals surface area contributed by atoms with Crippen LogP contribution >= 0.6 is 0 Å². The normalized spacial score (nSPS) is 30.2. The molecule has 140 valence electrons. The molecule has 2 rings (SSSR count). The van der Waals surface area contributed by atoms with Gasteiger partial charge in [-0.15, -0.1) is 0 Å². The molecule has 1 aliphatic rings. The van der Waals surface area contributed by atoms with Gasteiger partial charge in [-0.1, -0.05) is 6.07 Å². The fourth-order valence-corrected chi connectivity index (χ4v) is 2.54. The van der Waals surface area contributed by atoms with Crippen molar-refractivity contribution in [3.63, 3.8) is 0 Å². The van der Waals surface area contributed by atoms with Crippen molar-refractivity contribution in [1.82, 2.24) is 0 Å². The number of carbonyl (C=O) groups is 1. The van der Waals surface area contributed by atoms with E-state index in [-0.39, 0.29) is 11.3 Å². The highest BCUT2D eigenvalue weighted by atomic mass is 19.4. The summed E-state index contributed by atoms with van der Waals surface area (Å²) in [6, 6.07) is 3.15. The smallest absolute Gasteiger partial charge is 0.394 e. The SMILES string of the molecule is Cc1ccc(NC(=O)[C@@H]2O[C@H](CO)[C@H](O)[C@H](O)[C@H]2O)cc1C(F)(F)F. The molecule has 1 saturated heterocycles. The number of halogens is 3. The van der Waals surface area contributed by atoms with Gasteiger partial charge in [-0.25, -0.2) is 0 Å². The van der Waals surface area contributed by atoms with Gasteiger partial charge in [0.1, 0.15) is 24.4 Å². The Balaban J connectivity index is 2.19. The first-order valence-corrected chi connectivity index (χ1v) is 7.35. The number of amides is 1. The number of rotatable bonds is 3. The lowest BCUT2D eigenvalue weighted by atomic mass is 9.94. The minimum Gasteiger partial charge on any atom is -0.394 e. The van der Waals surface area contributed by atoms with Gasteiger partial charge in [0.2, 0.25) is 0 Å². The molecule has 5 atom stereocenters. The third-order valence-electron chi connectivity index (χ3n) is 3.96. The van der Waals surface area contributed by atoms with Gasteiger partial charge >= 0.3 is 6.18 Å². The topological polar surface area (TPSA) is 119 Å². The Morgan fingerprint density at radius 3 is 2.40 bits per heavy atom. The number of hydrogen-bond acceptors (Lipinski definition) is 6. The van der Waals surface area contributed by atoms with Crippen LogP contribution in [0.3, 0.4) is 0 Å². The van der Waals surface area contributed by atoms with Gasteiger partial charge in [0, 0.05) is 5.69 Å². The fourth-order valence-electron chi connectivity index (χ4n) is 2.54. The third-order valence-corrected chi connectivity index (χ3v) is 3.96. The molecule has 5 N–H and O–H groups in total. The molecule has 0 saturated carbocycles. The van der Waals surface area contributed by atoms with E-state index in [2.05, 4.69) is 5.32 Å². The molecule has 1 amide bonds. The maximum Gasteiger partial charge on any atom is 0.416 e. The van der Waals surface area contributed by atoms with E-state index in [0.29, 0.717) is 0 Å². The largest absolute Gasteiger partial charge is 0.416 e. The zero-order valence-electron chi connectivity index (χ0n) is 13.1. The lowest BCUT2D eigenvalue weighted by Gasteiger charge is -2.39. The lowest BCUT2D eigenvalue weighted by Crippen LogP contribution is -2.61. The first-order valence-electron chi connectivity index (χ1n) is 7.35. The van der Waals surface area contributed by atoms with Crippen molar-refractivity contribution in [3.05, 3.63) is 29.3 Å². The van der Waals surface area contributed by atoms with Crippen LogP contribution in [0.2, 0.25) is 0 Å². The summed E-state index contributed by atoms with van der Waals surface area (Å²) in [6.45, 7) is 0.545. The summed E-state index contributed by atoms with van der Waals surface area (Å²) in [4.78, 5) is 12.2. The fraction of sp³-hybridized carbons (Fsp3) is 0.533. The van der Waals surface area contributed by atoms with E-state index in [9.17, 15) is 33.3 Å². The predicted octanol–water partition coefficient (Wildman–Crippen LogP) is -0.205. The minimum atomic E-state index is -4.60. The van der Waals surface area contributed by atoms with E-state index in [1.807, 2.05) is 0 Å². The van der Waals surface area contributed by atoms with Crippen LogP contribution in [0.4, 0.5) is 18.9 Å². The second kappa shape index (κ2) is 7.26. The quantitative estimate of drug-likeness (QED) is 0.506. The number of hydrogen-bond donors (Lipinski definition) is 5. The Morgan fingerprint density at radius 2 is 1.84 bits per heavy atom. The van der Waals surface area contributed by atoms with Crippen molar-refractivity contribution in [1.29, 1.82) is 0 Å². The Hall–Kier alpha value is -1.72. The zero-order valence-corrected chi connectivity index (χ0v) is 13.1. The van der Waals surface area contributed by atoms with Crippen LogP contribution in [0, 0.1) is 6.92 Å². The molecule has 7 nitrogen and oxygen atoms in total. The first-order chi connectivity index (χ1) is 11.6. The molecule has 1 heterocycles. The molecule has 1 fully saturated rings. The highest BCUT2D eigenvalue weighted by Crippen LogP contribution is 2.33. The van der Waals surface area contributed by atoms with E-state index in [1.165, 1.54) is 19.1 Å². The van der Waals surface area contributed by atoms with Crippen LogP contribution in [-0.4, -0.2) is 63.5 Å². The third kappa shape index (κ3) is 4.10. The number of aliphatic hydroxyl groups is 4. The van der Waals surface area contributed by atoms with Crippen LogP contribution in [0.15, 0.2) is 18.2 Å². The number of nitrogens with one attached hydrogen (secondary N) is 1. The van der Waals surface area contributed by atoms with Crippen molar-refractivity contribution in [2.45, 2.75) is 43.6 Å². The maximum atomic E-state index is 12.9. The minimum absolute atomic E-state index is 0.0293. The van der Waals surface area contributed by atoms with Crippen molar-refractivity contribution in [2.75, 3.05) is 11.9 Å². The molecule has 0 aromatic heterocycles. The van der Waals surface area contributed by atoms with Crippen LogP contribution in [0.5, 0.6) is 0 Å². The summed E-state index contributed by atoms with van der Waals surface area (Å²) < 4.78 is 43.8. The van der Waals surface area contributed by atoms with Gasteiger partial charge < -0.3 is 30.5 Å².